The number of furan rings is 1. The molecular weight excluding hydrogens is 229 g/mol. The lowest BCUT2D eigenvalue weighted by molar-refractivity contribution is 0.488. The van der Waals surface area contributed by atoms with E-state index in [2.05, 4.69) is 5.32 Å². The SMILES string of the molecule is Fc1ccc(-c2ccc(CNCC3CC3)o2)cc1. The highest BCUT2D eigenvalue weighted by molar-refractivity contribution is 5.57. The summed E-state index contributed by atoms with van der Waals surface area (Å²) in [6.07, 6.45) is 2.71. The van der Waals surface area contributed by atoms with E-state index in [0.717, 1.165) is 36.1 Å². The molecule has 0 atom stereocenters. The maximum atomic E-state index is 12.8. The first-order valence-electron chi connectivity index (χ1n) is 6.36. The summed E-state index contributed by atoms with van der Waals surface area (Å²) in [7, 11) is 0. The van der Waals surface area contributed by atoms with Crippen molar-refractivity contribution < 1.29 is 8.81 Å². The zero-order chi connectivity index (χ0) is 12.4. The van der Waals surface area contributed by atoms with Gasteiger partial charge in [0.25, 0.3) is 0 Å². The van der Waals surface area contributed by atoms with Gasteiger partial charge in [0.15, 0.2) is 0 Å². The van der Waals surface area contributed by atoms with Gasteiger partial charge in [-0.2, -0.15) is 0 Å². The number of benzene rings is 1. The molecule has 0 spiro atoms. The van der Waals surface area contributed by atoms with Crippen LogP contribution in [-0.2, 0) is 6.54 Å². The first kappa shape index (κ1) is 11.5. The van der Waals surface area contributed by atoms with Crippen molar-refractivity contribution in [1.29, 1.82) is 0 Å². The average molecular weight is 245 g/mol. The Morgan fingerprint density at radius 3 is 2.61 bits per heavy atom. The summed E-state index contributed by atoms with van der Waals surface area (Å²) < 4.78 is 18.5. The fraction of sp³-hybridized carbons (Fsp3) is 0.333. The Balaban J connectivity index is 1.62. The standard InChI is InChI=1S/C15H16FNO/c16-13-5-3-12(4-6-13)15-8-7-14(18-15)10-17-9-11-1-2-11/h3-8,11,17H,1-2,9-10H2. The van der Waals surface area contributed by atoms with E-state index in [9.17, 15) is 4.39 Å². The summed E-state index contributed by atoms with van der Waals surface area (Å²) >= 11 is 0. The summed E-state index contributed by atoms with van der Waals surface area (Å²) in [5.74, 6) is 2.36. The molecule has 3 rings (SSSR count). The lowest BCUT2D eigenvalue weighted by Gasteiger charge is -2.00. The molecule has 1 saturated carbocycles. The highest BCUT2D eigenvalue weighted by Crippen LogP contribution is 2.28. The largest absolute Gasteiger partial charge is 0.460 e. The summed E-state index contributed by atoms with van der Waals surface area (Å²) in [5.41, 5.74) is 0.907. The molecule has 0 radical (unpaired) electrons. The van der Waals surface area contributed by atoms with Gasteiger partial charge in [-0.3, -0.25) is 0 Å². The van der Waals surface area contributed by atoms with Gasteiger partial charge in [-0.15, -0.1) is 0 Å². The molecule has 1 aromatic carbocycles. The van der Waals surface area contributed by atoms with E-state index in [1.807, 2.05) is 12.1 Å². The van der Waals surface area contributed by atoms with Crippen LogP contribution in [0.25, 0.3) is 11.3 Å². The number of rotatable bonds is 5. The smallest absolute Gasteiger partial charge is 0.134 e. The number of halogens is 1. The Labute approximate surface area is 106 Å². The number of nitrogens with one attached hydrogen (secondary N) is 1. The zero-order valence-corrected chi connectivity index (χ0v) is 10.2. The normalized spacial score (nSPS) is 14.9. The van der Waals surface area contributed by atoms with Crippen molar-refractivity contribution in [1.82, 2.24) is 5.32 Å². The molecule has 0 unspecified atom stereocenters. The third-order valence-electron chi connectivity index (χ3n) is 3.22. The molecular formula is C15H16FNO. The van der Waals surface area contributed by atoms with Crippen LogP contribution in [-0.4, -0.2) is 6.54 Å². The molecule has 1 aliphatic rings. The molecule has 2 aromatic rings. The summed E-state index contributed by atoms with van der Waals surface area (Å²) in [4.78, 5) is 0. The molecule has 0 bridgehead atoms. The Kier molecular flexibility index (Phi) is 3.15. The number of hydrogen-bond acceptors (Lipinski definition) is 2. The van der Waals surface area contributed by atoms with E-state index in [-0.39, 0.29) is 5.82 Å². The van der Waals surface area contributed by atoms with Crippen molar-refractivity contribution in [2.24, 2.45) is 5.92 Å². The van der Waals surface area contributed by atoms with Gasteiger partial charge in [-0.05, 0) is 61.7 Å². The van der Waals surface area contributed by atoms with E-state index in [4.69, 9.17) is 4.42 Å². The predicted octanol–water partition coefficient (Wildman–Crippen LogP) is 3.59. The zero-order valence-electron chi connectivity index (χ0n) is 10.2. The molecule has 3 heteroatoms. The highest BCUT2D eigenvalue weighted by Gasteiger charge is 2.20. The summed E-state index contributed by atoms with van der Waals surface area (Å²) in [6.45, 7) is 1.84. The van der Waals surface area contributed by atoms with Gasteiger partial charge >= 0.3 is 0 Å². The van der Waals surface area contributed by atoms with Gasteiger partial charge in [0.05, 0.1) is 6.54 Å². The lowest BCUT2D eigenvalue weighted by atomic mass is 10.2. The van der Waals surface area contributed by atoms with Crippen LogP contribution in [0.15, 0.2) is 40.8 Å². The van der Waals surface area contributed by atoms with Gasteiger partial charge in [-0.25, -0.2) is 4.39 Å². The quantitative estimate of drug-likeness (QED) is 0.871. The minimum absolute atomic E-state index is 0.225. The minimum atomic E-state index is -0.225. The summed E-state index contributed by atoms with van der Waals surface area (Å²) in [5, 5.41) is 3.38. The molecule has 1 fully saturated rings. The fourth-order valence-electron chi connectivity index (χ4n) is 1.96. The molecule has 1 N–H and O–H groups in total. The van der Waals surface area contributed by atoms with Crippen molar-refractivity contribution in [2.75, 3.05) is 6.54 Å². The van der Waals surface area contributed by atoms with E-state index in [0.29, 0.717) is 0 Å². The molecule has 2 nitrogen and oxygen atoms in total. The predicted molar refractivity (Wildman–Crippen MR) is 68.5 cm³/mol. The van der Waals surface area contributed by atoms with Crippen molar-refractivity contribution >= 4 is 0 Å². The second-order valence-electron chi connectivity index (χ2n) is 4.85. The van der Waals surface area contributed by atoms with Crippen LogP contribution in [0.2, 0.25) is 0 Å². The first-order valence-corrected chi connectivity index (χ1v) is 6.36. The third kappa shape index (κ3) is 2.79. The van der Waals surface area contributed by atoms with Crippen molar-refractivity contribution in [3.05, 3.63) is 48.0 Å². The van der Waals surface area contributed by atoms with Crippen LogP contribution in [0, 0.1) is 11.7 Å². The van der Waals surface area contributed by atoms with E-state index >= 15 is 0 Å². The summed E-state index contributed by atoms with van der Waals surface area (Å²) in [6, 6.07) is 10.3. The maximum absolute atomic E-state index is 12.8. The molecule has 1 aliphatic carbocycles. The molecule has 1 aromatic heterocycles. The average Bonchev–Trinajstić information content (AvgIpc) is 3.08. The Hall–Kier alpha value is -1.61. The topological polar surface area (TPSA) is 25.2 Å². The van der Waals surface area contributed by atoms with Crippen molar-refractivity contribution in [2.45, 2.75) is 19.4 Å². The van der Waals surface area contributed by atoms with E-state index < -0.39 is 0 Å². The Morgan fingerprint density at radius 1 is 1.11 bits per heavy atom. The second kappa shape index (κ2) is 4.94. The van der Waals surface area contributed by atoms with Gasteiger partial charge < -0.3 is 9.73 Å². The molecule has 0 amide bonds. The van der Waals surface area contributed by atoms with Crippen LogP contribution < -0.4 is 5.32 Å². The van der Waals surface area contributed by atoms with E-state index in [1.54, 1.807) is 12.1 Å². The third-order valence-corrected chi connectivity index (χ3v) is 3.22. The molecule has 18 heavy (non-hydrogen) atoms. The van der Waals surface area contributed by atoms with Crippen LogP contribution >= 0.6 is 0 Å². The highest BCUT2D eigenvalue weighted by atomic mass is 19.1. The maximum Gasteiger partial charge on any atom is 0.134 e. The molecule has 0 saturated heterocycles. The monoisotopic (exact) mass is 245 g/mol. The molecule has 0 aliphatic heterocycles. The molecule has 1 heterocycles. The Morgan fingerprint density at radius 2 is 1.89 bits per heavy atom. The van der Waals surface area contributed by atoms with Crippen molar-refractivity contribution in [3.8, 4) is 11.3 Å². The van der Waals surface area contributed by atoms with Crippen LogP contribution in [0.5, 0.6) is 0 Å². The molecule has 94 valence electrons. The van der Waals surface area contributed by atoms with Gasteiger partial charge in [0, 0.05) is 5.56 Å². The van der Waals surface area contributed by atoms with Crippen LogP contribution in [0.3, 0.4) is 0 Å². The van der Waals surface area contributed by atoms with Crippen LogP contribution in [0.4, 0.5) is 4.39 Å². The van der Waals surface area contributed by atoms with Crippen LogP contribution in [0.1, 0.15) is 18.6 Å². The minimum Gasteiger partial charge on any atom is -0.460 e. The Bertz CT molecular complexity index is 514. The first-order chi connectivity index (χ1) is 8.81. The lowest BCUT2D eigenvalue weighted by Crippen LogP contribution is -2.15. The van der Waals surface area contributed by atoms with Gasteiger partial charge in [-0.1, -0.05) is 0 Å². The number of hydrogen-bond donors (Lipinski definition) is 1. The van der Waals surface area contributed by atoms with Gasteiger partial charge in [0.2, 0.25) is 0 Å². The van der Waals surface area contributed by atoms with Crippen molar-refractivity contribution in [3.63, 3.8) is 0 Å². The van der Waals surface area contributed by atoms with E-state index in [1.165, 1.54) is 25.0 Å². The van der Waals surface area contributed by atoms with Gasteiger partial charge in [0.1, 0.15) is 17.3 Å². The second-order valence-corrected chi connectivity index (χ2v) is 4.85. The fourth-order valence-corrected chi connectivity index (χ4v) is 1.96.